The maximum Gasteiger partial charge on any atom is 0.317 e. The average Bonchev–Trinajstić information content (AvgIpc) is 2.63. The van der Waals surface area contributed by atoms with Crippen LogP contribution in [0.15, 0.2) is 66.9 Å². The second-order valence-corrected chi connectivity index (χ2v) is 5.23. The summed E-state index contributed by atoms with van der Waals surface area (Å²) in [6.45, 7) is 0.778. The van der Waals surface area contributed by atoms with Crippen molar-refractivity contribution >= 4 is 16.9 Å². The van der Waals surface area contributed by atoms with Gasteiger partial charge in [-0.25, -0.2) is 5.84 Å². The van der Waals surface area contributed by atoms with E-state index in [-0.39, 0.29) is 0 Å². The zero-order valence-electron chi connectivity index (χ0n) is 13.6. The molecule has 0 spiro atoms. The standard InChI is InChI=1S/C11H12N2.C6H4N2O5/c12-13-8-6-11(7-9-13)10-4-2-1-3-5-10;9-6-2-1-4(7(10)11)3-5(6)8(12)13/h1-8H,9,12H2;1-3,9H. The molecule has 1 aliphatic heterocycles. The predicted octanol–water partition coefficient (Wildman–Crippen LogP) is 2.98. The number of phenols is 1. The van der Waals surface area contributed by atoms with Crippen molar-refractivity contribution in [3.05, 3.63) is 92.7 Å². The van der Waals surface area contributed by atoms with Gasteiger partial charge in [-0.2, -0.15) is 0 Å². The lowest BCUT2D eigenvalue weighted by Gasteiger charge is -2.16. The fraction of sp³-hybridized carbons (Fsp3) is 0.0588. The summed E-state index contributed by atoms with van der Waals surface area (Å²) in [5.41, 5.74) is 1.38. The number of non-ortho nitro benzene ring substituents is 1. The van der Waals surface area contributed by atoms with E-state index in [0.717, 1.165) is 18.7 Å². The number of nitro groups is 2. The molecular weight excluding hydrogens is 340 g/mol. The molecule has 0 bridgehead atoms. The summed E-state index contributed by atoms with van der Waals surface area (Å²) in [6.07, 6.45) is 6.04. The van der Waals surface area contributed by atoms with Gasteiger partial charge in [-0.3, -0.25) is 20.2 Å². The van der Waals surface area contributed by atoms with Gasteiger partial charge in [0.15, 0.2) is 5.75 Å². The number of nitrogens with two attached hydrogens (primary N) is 1. The lowest BCUT2D eigenvalue weighted by atomic mass is 10.0. The third-order valence-corrected chi connectivity index (χ3v) is 3.44. The van der Waals surface area contributed by atoms with Crippen molar-refractivity contribution in [2.24, 2.45) is 5.84 Å². The molecule has 2 aromatic carbocycles. The minimum Gasteiger partial charge on any atom is -0.502 e. The molecule has 9 heteroatoms. The van der Waals surface area contributed by atoms with E-state index in [2.05, 4.69) is 18.2 Å². The highest BCUT2D eigenvalue weighted by atomic mass is 16.6. The van der Waals surface area contributed by atoms with Gasteiger partial charge in [0.1, 0.15) is 0 Å². The molecule has 0 saturated heterocycles. The molecule has 0 fully saturated rings. The Labute approximate surface area is 148 Å². The SMILES string of the molecule is NN1C=CC(c2ccccc2)=CC1.O=[N+]([O-])c1ccc(O)c([N+](=O)[O-])c1. The van der Waals surface area contributed by atoms with Gasteiger partial charge in [-0.15, -0.1) is 0 Å². The number of hydrogen-bond donors (Lipinski definition) is 2. The summed E-state index contributed by atoms with van der Waals surface area (Å²) in [7, 11) is 0. The molecule has 1 aliphatic rings. The van der Waals surface area contributed by atoms with E-state index in [0.29, 0.717) is 6.07 Å². The van der Waals surface area contributed by atoms with Crippen LogP contribution in [-0.2, 0) is 0 Å². The van der Waals surface area contributed by atoms with Crippen molar-refractivity contribution in [1.82, 2.24) is 5.01 Å². The summed E-state index contributed by atoms with van der Waals surface area (Å²) >= 11 is 0. The van der Waals surface area contributed by atoms with Gasteiger partial charge in [0.2, 0.25) is 0 Å². The first-order valence-electron chi connectivity index (χ1n) is 7.45. The number of rotatable bonds is 3. The third kappa shape index (κ3) is 4.89. The fourth-order valence-corrected chi connectivity index (χ4v) is 2.12. The number of nitro benzene ring substituents is 2. The molecule has 3 N–H and O–H groups in total. The molecule has 26 heavy (non-hydrogen) atoms. The van der Waals surface area contributed by atoms with Crippen molar-refractivity contribution in [2.45, 2.75) is 0 Å². The van der Waals surface area contributed by atoms with Crippen LogP contribution in [0.4, 0.5) is 11.4 Å². The zero-order chi connectivity index (χ0) is 19.1. The van der Waals surface area contributed by atoms with Crippen LogP contribution in [-0.4, -0.2) is 26.5 Å². The number of phenolic OH excluding ortho intramolecular Hbond substituents is 1. The van der Waals surface area contributed by atoms with E-state index in [9.17, 15) is 20.2 Å². The molecule has 0 unspecified atom stereocenters. The minimum atomic E-state index is -0.887. The topological polar surface area (TPSA) is 136 Å². The highest BCUT2D eigenvalue weighted by Crippen LogP contribution is 2.29. The normalized spacial score (nSPS) is 12.7. The van der Waals surface area contributed by atoms with Crippen LogP contribution < -0.4 is 5.84 Å². The molecule has 2 aromatic rings. The van der Waals surface area contributed by atoms with Gasteiger partial charge in [-0.05, 0) is 23.3 Å². The molecule has 1 heterocycles. The first-order chi connectivity index (χ1) is 12.4. The monoisotopic (exact) mass is 356 g/mol. The molecular formula is C17H16N4O5. The number of aromatic hydroxyl groups is 1. The van der Waals surface area contributed by atoms with Crippen LogP contribution >= 0.6 is 0 Å². The second-order valence-electron chi connectivity index (χ2n) is 5.23. The number of benzene rings is 2. The molecule has 0 aliphatic carbocycles. The lowest BCUT2D eigenvalue weighted by molar-refractivity contribution is -0.394. The first kappa shape index (κ1) is 18.6. The van der Waals surface area contributed by atoms with Gasteiger partial charge in [0, 0.05) is 12.3 Å². The maximum atomic E-state index is 10.2. The quantitative estimate of drug-likeness (QED) is 0.490. The van der Waals surface area contributed by atoms with E-state index < -0.39 is 27.0 Å². The highest BCUT2D eigenvalue weighted by molar-refractivity contribution is 5.74. The third-order valence-electron chi connectivity index (χ3n) is 3.44. The molecule has 0 aromatic heterocycles. The Kier molecular flexibility index (Phi) is 6.01. The number of hydrogen-bond acceptors (Lipinski definition) is 7. The van der Waals surface area contributed by atoms with Crippen molar-refractivity contribution < 1.29 is 15.0 Å². The molecule has 0 saturated carbocycles. The van der Waals surface area contributed by atoms with Crippen molar-refractivity contribution in [3.63, 3.8) is 0 Å². The Morgan fingerprint density at radius 3 is 2.27 bits per heavy atom. The van der Waals surface area contributed by atoms with Crippen molar-refractivity contribution in [1.29, 1.82) is 0 Å². The van der Waals surface area contributed by atoms with E-state index in [1.165, 1.54) is 11.1 Å². The molecule has 0 radical (unpaired) electrons. The number of nitrogens with zero attached hydrogens (tertiary/aromatic N) is 3. The van der Waals surface area contributed by atoms with Crippen LogP contribution in [0.1, 0.15) is 5.56 Å². The highest BCUT2D eigenvalue weighted by Gasteiger charge is 2.18. The Hall–Kier alpha value is -3.72. The molecule has 134 valence electrons. The maximum absolute atomic E-state index is 10.2. The molecule has 0 amide bonds. The Balaban J connectivity index is 0.000000187. The van der Waals surface area contributed by atoms with E-state index in [1.807, 2.05) is 30.5 Å². The van der Waals surface area contributed by atoms with Gasteiger partial charge in [0.05, 0.1) is 22.5 Å². The molecule has 3 rings (SSSR count). The van der Waals surface area contributed by atoms with Crippen molar-refractivity contribution in [2.75, 3.05) is 6.54 Å². The van der Waals surface area contributed by atoms with Gasteiger partial charge in [0.25, 0.3) is 5.69 Å². The van der Waals surface area contributed by atoms with Crippen LogP contribution in [0.2, 0.25) is 0 Å². The van der Waals surface area contributed by atoms with Crippen LogP contribution in [0.5, 0.6) is 5.75 Å². The predicted molar refractivity (Wildman–Crippen MR) is 95.9 cm³/mol. The van der Waals surface area contributed by atoms with E-state index >= 15 is 0 Å². The smallest absolute Gasteiger partial charge is 0.317 e. The molecule has 0 atom stereocenters. The summed E-state index contributed by atoms with van der Waals surface area (Å²) in [5.74, 6) is 4.99. The Morgan fingerprint density at radius 1 is 1.04 bits per heavy atom. The Bertz CT molecular complexity index is 865. The summed E-state index contributed by atoms with van der Waals surface area (Å²) in [4.78, 5) is 18.7. The van der Waals surface area contributed by atoms with Gasteiger partial charge >= 0.3 is 5.69 Å². The summed E-state index contributed by atoms with van der Waals surface area (Å²) in [5, 5.41) is 31.0. The molecule has 9 nitrogen and oxygen atoms in total. The van der Waals surface area contributed by atoms with Gasteiger partial charge in [-0.1, -0.05) is 36.4 Å². The average molecular weight is 356 g/mol. The van der Waals surface area contributed by atoms with Gasteiger partial charge < -0.3 is 10.1 Å². The van der Waals surface area contributed by atoms with E-state index in [1.54, 1.807) is 5.01 Å². The number of allylic oxidation sites excluding steroid dienone is 2. The first-order valence-corrected chi connectivity index (χ1v) is 7.45. The zero-order valence-corrected chi connectivity index (χ0v) is 13.6. The van der Waals surface area contributed by atoms with Crippen LogP contribution in [0.3, 0.4) is 0 Å². The van der Waals surface area contributed by atoms with Crippen molar-refractivity contribution in [3.8, 4) is 5.75 Å². The number of hydrazine groups is 1. The lowest BCUT2D eigenvalue weighted by Crippen LogP contribution is -2.26. The minimum absolute atomic E-state index is 0.426. The Morgan fingerprint density at radius 2 is 1.73 bits per heavy atom. The second kappa shape index (κ2) is 8.40. The van der Waals surface area contributed by atoms with E-state index in [4.69, 9.17) is 10.9 Å². The van der Waals surface area contributed by atoms with Crippen LogP contribution in [0, 0.1) is 20.2 Å². The summed E-state index contributed by atoms with van der Waals surface area (Å²) < 4.78 is 0. The summed E-state index contributed by atoms with van der Waals surface area (Å²) in [6, 6.07) is 12.9. The van der Waals surface area contributed by atoms with Crippen LogP contribution in [0.25, 0.3) is 5.57 Å². The fourth-order valence-electron chi connectivity index (χ4n) is 2.12. The largest absolute Gasteiger partial charge is 0.502 e.